The van der Waals surface area contributed by atoms with Crippen LogP contribution in [0, 0.1) is 0 Å². The van der Waals surface area contributed by atoms with E-state index in [1.807, 2.05) is 4.31 Å². The van der Waals surface area contributed by atoms with Crippen molar-refractivity contribution in [3.05, 3.63) is 25.3 Å². The van der Waals surface area contributed by atoms with E-state index in [-0.39, 0.29) is 9.41 Å². The molecule has 0 saturated heterocycles. The predicted molar refractivity (Wildman–Crippen MR) is 46.0 cm³/mol. The van der Waals surface area contributed by atoms with Crippen molar-refractivity contribution >= 4 is 12.8 Å². The third kappa shape index (κ3) is 10.6. The van der Waals surface area contributed by atoms with E-state index in [2.05, 4.69) is 26.0 Å². The maximum Gasteiger partial charge on any atom is 0.0269 e. The number of hydrogen-bond donors (Lipinski definition) is 1. The molecule has 0 fully saturated rings. The van der Waals surface area contributed by atoms with Crippen molar-refractivity contribution in [1.82, 2.24) is 4.31 Å². The summed E-state index contributed by atoms with van der Waals surface area (Å²) in [5, 5.41) is 0. The first-order valence-electron chi connectivity index (χ1n) is 2.47. The molecule has 0 spiro atoms. The number of rotatable bonds is 4. The number of thiol groups is 1. The van der Waals surface area contributed by atoms with Crippen LogP contribution in [0.1, 0.15) is 0 Å². The molecule has 0 saturated carbocycles. The van der Waals surface area contributed by atoms with E-state index >= 15 is 0 Å². The lowest BCUT2D eigenvalue weighted by Crippen LogP contribution is -2.10. The lowest BCUT2D eigenvalue weighted by molar-refractivity contribution is 0.588. The molecule has 0 bridgehead atoms. The summed E-state index contributed by atoms with van der Waals surface area (Å²) in [5.74, 6) is 0. The molecule has 10 heavy (non-hydrogen) atoms. The summed E-state index contributed by atoms with van der Waals surface area (Å²) in [6.45, 7) is 8.72. The average Bonchev–Trinajstić information content (AvgIpc) is 1.68. The van der Waals surface area contributed by atoms with Gasteiger partial charge in [-0.3, -0.25) is 9.41 Å². The van der Waals surface area contributed by atoms with Gasteiger partial charge in [0.05, 0.1) is 0 Å². The van der Waals surface area contributed by atoms with Gasteiger partial charge in [-0.25, -0.2) is 4.31 Å². The molecule has 1 nitrogen and oxygen atoms in total. The standard InChI is InChI=1S/C6H11NS.2FH/c1-3-5-7(8)6-4-2;;/h3-4,8H,1-2,5-6H2;2*1H. The van der Waals surface area contributed by atoms with Gasteiger partial charge in [-0.15, -0.1) is 13.2 Å². The maximum atomic E-state index is 4.08. The molecule has 0 aliphatic carbocycles. The van der Waals surface area contributed by atoms with Gasteiger partial charge in [0.15, 0.2) is 0 Å². The smallest absolute Gasteiger partial charge is 0.0269 e. The van der Waals surface area contributed by atoms with Crippen molar-refractivity contribution in [1.29, 1.82) is 0 Å². The molecule has 62 valence electrons. The van der Waals surface area contributed by atoms with E-state index in [0.717, 1.165) is 13.1 Å². The minimum absolute atomic E-state index is 0. The van der Waals surface area contributed by atoms with E-state index in [0.29, 0.717) is 0 Å². The van der Waals surface area contributed by atoms with Crippen LogP contribution in [-0.4, -0.2) is 17.4 Å². The first-order chi connectivity index (χ1) is 3.81. The van der Waals surface area contributed by atoms with Gasteiger partial charge in [-0.2, -0.15) is 0 Å². The minimum Gasteiger partial charge on any atom is -0.269 e. The first-order valence-corrected chi connectivity index (χ1v) is 2.87. The normalized spacial score (nSPS) is 7.40. The Balaban J connectivity index is -0.000000245. The highest BCUT2D eigenvalue weighted by atomic mass is 32.1. The molecule has 0 aliphatic heterocycles. The summed E-state index contributed by atoms with van der Waals surface area (Å²) >= 11 is 4.08. The van der Waals surface area contributed by atoms with Gasteiger partial charge >= 0.3 is 0 Å². The van der Waals surface area contributed by atoms with Crippen molar-refractivity contribution in [3.63, 3.8) is 0 Å². The Morgan fingerprint density at radius 3 is 1.60 bits per heavy atom. The van der Waals surface area contributed by atoms with Crippen molar-refractivity contribution in [3.8, 4) is 0 Å². The van der Waals surface area contributed by atoms with E-state index < -0.39 is 0 Å². The van der Waals surface area contributed by atoms with Crippen LogP contribution in [0.2, 0.25) is 0 Å². The summed E-state index contributed by atoms with van der Waals surface area (Å²) in [6, 6.07) is 0. The Morgan fingerprint density at radius 2 is 1.40 bits per heavy atom. The van der Waals surface area contributed by atoms with Crippen LogP contribution in [-0.2, 0) is 0 Å². The minimum atomic E-state index is 0. The molecule has 0 radical (unpaired) electrons. The molecule has 0 amide bonds. The van der Waals surface area contributed by atoms with Crippen LogP contribution in [0.15, 0.2) is 25.3 Å². The molecular weight excluding hydrogens is 156 g/mol. The highest BCUT2D eigenvalue weighted by molar-refractivity contribution is 7.77. The zero-order chi connectivity index (χ0) is 6.41. The van der Waals surface area contributed by atoms with Gasteiger partial charge < -0.3 is 0 Å². The second-order valence-electron chi connectivity index (χ2n) is 1.45. The van der Waals surface area contributed by atoms with Gasteiger partial charge in [0, 0.05) is 13.1 Å². The molecule has 4 heteroatoms. The van der Waals surface area contributed by atoms with Gasteiger partial charge in [0.2, 0.25) is 0 Å². The van der Waals surface area contributed by atoms with Crippen LogP contribution in [0.25, 0.3) is 0 Å². The van der Waals surface area contributed by atoms with Crippen molar-refractivity contribution < 1.29 is 9.41 Å². The van der Waals surface area contributed by atoms with E-state index in [9.17, 15) is 0 Å². The van der Waals surface area contributed by atoms with E-state index in [1.54, 1.807) is 12.2 Å². The largest absolute Gasteiger partial charge is 0.269 e. The summed E-state index contributed by atoms with van der Waals surface area (Å²) < 4.78 is 1.82. The fourth-order valence-corrected chi connectivity index (χ4v) is 0.604. The molecule has 0 unspecified atom stereocenters. The topological polar surface area (TPSA) is 3.24 Å². The van der Waals surface area contributed by atoms with Crippen molar-refractivity contribution in [2.45, 2.75) is 0 Å². The van der Waals surface area contributed by atoms with Gasteiger partial charge in [-0.1, -0.05) is 25.0 Å². The van der Waals surface area contributed by atoms with Crippen LogP contribution < -0.4 is 0 Å². The van der Waals surface area contributed by atoms with E-state index in [1.165, 1.54) is 0 Å². The lowest BCUT2D eigenvalue weighted by atomic mass is 10.5. The summed E-state index contributed by atoms with van der Waals surface area (Å²) in [7, 11) is 0. The Bertz CT molecular complexity index is 77.8. The first kappa shape index (κ1) is 16.3. The highest BCUT2D eigenvalue weighted by Crippen LogP contribution is 1.90. The maximum absolute atomic E-state index is 4.08. The SMILES string of the molecule is C=CCN(S)CC=C.F.F. The number of halogens is 2. The van der Waals surface area contributed by atoms with Crippen LogP contribution >= 0.6 is 12.8 Å². The molecule has 0 aromatic carbocycles. The third-order valence-electron chi connectivity index (χ3n) is 0.680. The van der Waals surface area contributed by atoms with Crippen molar-refractivity contribution in [2.24, 2.45) is 0 Å². The monoisotopic (exact) mass is 169 g/mol. The van der Waals surface area contributed by atoms with Crippen LogP contribution in [0.3, 0.4) is 0 Å². The fourth-order valence-electron chi connectivity index (χ4n) is 0.373. The van der Waals surface area contributed by atoms with Crippen LogP contribution in [0.4, 0.5) is 9.41 Å². The highest BCUT2D eigenvalue weighted by Gasteiger charge is 1.87. The second-order valence-corrected chi connectivity index (χ2v) is 2.01. The lowest BCUT2D eigenvalue weighted by Gasteiger charge is -2.07. The van der Waals surface area contributed by atoms with E-state index in [4.69, 9.17) is 0 Å². The Kier molecular flexibility index (Phi) is 18.7. The zero-order valence-corrected chi connectivity index (χ0v) is 6.59. The summed E-state index contributed by atoms with van der Waals surface area (Å²) in [5.41, 5.74) is 0. The van der Waals surface area contributed by atoms with Crippen molar-refractivity contribution in [2.75, 3.05) is 13.1 Å². The fraction of sp³-hybridized carbons (Fsp3) is 0.333. The molecular formula is C6H13F2NS. The summed E-state index contributed by atoms with van der Waals surface area (Å²) in [6.07, 6.45) is 3.60. The average molecular weight is 169 g/mol. The molecule has 0 heterocycles. The second kappa shape index (κ2) is 11.4. The molecule has 0 rings (SSSR count). The Labute approximate surface area is 65.7 Å². The third-order valence-corrected chi connectivity index (χ3v) is 1.01. The molecule has 0 atom stereocenters. The number of nitrogens with zero attached hydrogens (tertiary/aromatic N) is 1. The van der Waals surface area contributed by atoms with Gasteiger partial charge in [0.25, 0.3) is 0 Å². The number of hydrogen-bond acceptors (Lipinski definition) is 2. The molecule has 0 aliphatic rings. The molecule has 0 aromatic heterocycles. The summed E-state index contributed by atoms with van der Waals surface area (Å²) in [4.78, 5) is 0. The van der Waals surface area contributed by atoms with Gasteiger partial charge in [-0.05, 0) is 0 Å². The Hall–Kier alpha value is -0.350. The van der Waals surface area contributed by atoms with Gasteiger partial charge in [0.1, 0.15) is 0 Å². The quantitative estimate of drug-likeness (QED) is 0.496. The predicted octanol–water partition coefficient (Wildman–Crippen LogP) is 1.81. The molecule has 0 aromatic rings. The zero-order valence-electron chi connectivity index (χ0n) is 5.69. The molecule has 0 N–H and O–H groups in total. The Morgan fingerprint density at radius 1 is 1.10 bits per heavy atom. The van der Waals surface area contributed by atoms with Crippen LogP contribution in [0.5, 0.6) is 0 Å².